The first-order valence-corrected chi connectivity index (χ1v) is 5.38. The van der Waals surface area contributed by atoms with E-state index in [2.05, 4.69) is 0 Å². The molecule has 0 heterocycles. The molecule has 0 amide bonds. The molecule has 0 aromatic heterocycles. The van der Waals surface area contributed by atoms with Crippen LogP contribution in [-0.2, 0) is 9.47 Å². The minimum atomic E-state index is -2.36. The van der Waals surface area contributed by atoms with Crippen molar-refractivity contribution in [1.29, 1.82) is 0 Å². The van der Waals surface area contributed by atoms with Crippen LogP contribution in [0.1, 0.15) is 6.42 Å². The Morgan fingerprint density at radius 2 is 1.94 bits per heavy atom. The number of ether oxygens (including phenoxy) is 2. The zero-order valence-corrected chi connectivity index (χ0v) is 9.70. The number of rotatable bonds is 11. The van der Waals surface area contributed by atoms with Crippen molar-refractivity contribution in [2.24, 2.45) is 0 Å². The van der Waals surface area contributed by atoms with E-state index in [1.165, 1.54) is 4.90 Å². The van der Waals surface area contributed by atoms with Gasteiger partial charge in [0.25, 0.3) is 6.43 Å². The normalized spacial score (nSPS) is 11.6. The lowest BCUT2D eigenvalue weighted by molar-refractivity contribution is 0.0522. The number of methoxy groups -OCH3 is 1. The van der Waals surface area contributed by atoms with E-state index in [-0.39, 0.29) is 19.7 Å². The smallest absolute Gasteiger partial charge is 0.251 e. The van der Waals surface area contributed by atoms with Gasteiger partial charge in [-0.3, -0.25) is 4.90 Å². The van der Waals surface area contributed by atoms with Crippen molar-refractivity contribution in [1.82, 2.24) is 4.90 Å². The molecule has 0 radical (unpaired) electrons. The number of aliphatic hydroxyl groups excluding tert-OH is 1. The second-order valence-electron chi connectivity index (χ2n) is 3.37. The highest BCUT2D eigenvalue weighted by atomic mass is 19.3. The van der Waals surface area contributed by atoms with Crippen LogP contribution >= 0.6 is 0 Å². The van der Waals surface area contributed by atoms with Crippen LogP contribution in [0.5, 0.6) is 0 Å². The van der Waals surface area contributed by atoms with Gasteiger partial charge < -0.3 is 14.6 Å². The minimum absolute atomic E-state index is 0.0999. The van der Waals surface area contributed by atoms with E-state index in [1.54, 1.807) is 7.11 Å². The molecule has 0 fully saturated rings. The lowest BCUT2D eigenvalue weighted by Crippen LogP contribution is -2.33. The molecule has 0 bridgehead atoms. The molecule has 0 aliphatic carbocycles. The summed E-state index contributed by atoms with van der Waals surface area (Å²) in [4.78, 5) is 1.53. The molecule has 0 atom stereocenters. The molecule has 1 N–H and O–H groups in total. The van der Waals surface area contributed by atoms with Crippen LogP contribution in [0, 0.1) is 0 Å². The quantitative estimate of drug-likeness (QED) is 0.538. The fourth-order valence-corrected chi connectivity index (χ4v) is 1.27. The number of aliphatic hydroxyl groups is 1. The zero-order valence-electron chi connectivity index (χ0n) is 9.70. The molecule has 16 heavy (non-hydrogen) atoms. The Balaban J connectivity index is 3.44. The predicted octanol–water partition coefficient (Wildman–Crippen LogP) is 0.599. The van der Waals surface area contributed by atoms with Crippen LogP contribution in [0.4, 0.5) is 8.78 Å². The van der Waals surface area contributed by atoms with Crippen molar-refractivity contribution >= 4 is 0 Å². The summed E-state index contributed by atoms with van der Waals surface area (Å²) in [5.41, 5.74) is 0. The number of alkyl halides is 2. The van der Waals surface area contributed by atoms with Crippen molar-refractivity contribution in [2.45, 2.75) is 12.8 Å². The first kappa shape index (κ1) is 15.7. The molecule has 0 aliphatic rings. The molecule has 0 saturated carbocycles. The monoisotopic (exact) mass is 241 g/mol. The van der Waals surface area contributed by atoms with Crippen LogP contribution in [0.3, 0.4) is 0 Å². The van der Waals surface area contributed by atoms with Gasteiger partial charge in [-0.1, -0.05) is 0 Å². The summed E-state index contributed by atoms with van der Waals surface area (Å²) in [5.74, 6) is 0. The fraction of sp³-hybridized carbons (Fsp3) is 1.00. The molecule has 0 rings (SSSR count). The highest BCUT2D eigenvalue weighted by Crippen LogP contribution is 1.99. The van der Waals surface area contributed by atoms with Gasteiger partial charge in [-0.2, -0.15) is 0 Å². The Hall–Kier alpha value is -0.300. The number of nitrogens with zero attached hydrogens (tertiary/aromatic N) is 1. The second-order valence-corrected chi connectivity index (χ2v) is 3.37. The van der Waals surface area contributed by atoms with Gasteiger partial charge in [0.15, 0.2) is 0 Å². The standard InChI is InChI=1S/C10H21F2NO3/c1-15-7-8-16-6-2-3-13(4-5-14)9-10(11)12/h10,14H,2-9H2,1H3. The third kappa shape index (κ3) is 10.2. The summed E-state index contributed by atoms with van der Waals surface area (Å²) in [5, 5.41) is 8.69. The summed E-state index contributed by atoms with van der Waals surface area (Å²) < 4.78 is 34.2. The Labute approximate surface area is 95.1 Å². The van der Waals surface area contributed by atoms with Crippen molar-refractivity contribution in [3.05, 3.63) is 0 Å². The average molecular weight is 241 g/mol. The van der Waals surface area contributed by atoms with E-state index in [9.17, 15) is 8.78 Å². The summed E-state index contributed by atoms with van der Waals surface area (Å²) in [6.45, 7) is 1.98. The van der Waals surface area contributed by atoms with Crippen LogP contribution < -0.4 is 0 Å². The highest BCUT2D eigenvalue weighted by molar-refractivity contribution is 4.58. The van der Waals surface area contributed by atoms with Gasteiger partial charge in [0, 0.05) is 26.8 Å². The van der Waals surface area contributed by atoms with Gasteiger partial charge in [-0.05, 0) is 6.42 Å². The molecule has 0 unspecified atom stereocenters. The zero-order chi connectivity index (χ0) is 12.2. The summed E-state index contributed by atoms with van der Waals surface area (Å²) in [6.07, 6.45) is -1.68. The molecule has 6 heteroatoms. The maximum Gasteiger partial charge on any atom is 0.251 e. The maximum atomic E-state index is 12.1. The Kier molecular flexibility index (Phi) is 11.0. The molecular weight excluding hydrogens is 220 g/mol. The van der Waals surface area contributed by atoms with Crippen LogP contribution in [0.25, 0.3) is 0 Å². The number of hydrogen-bond acceptors (Lipinski definition) is 4. The first-order chi connectivity index (χ1) is 7.70. The van der Waals surface area contributed by atoms with Gasteiger partial charge >= 0.3 is 0 Å². The molecule has 4 nitrogen and oxygen atoms in total. The van der Waals surface area contributed by atoms with Crippen molar-refractivity contribution in [3.8, 4) is 0 Å². The summed E-state index contributed by atoms with van der Waals surface area (Å²) >= 11 is 0. The molecule has 0 aromatic rings. The lowest BCUT2D eigenvalue weighted by atomic mass is 10.4. The van der Waals surface area contributed by atoms with E-state index < -0.39 is 6.43 Å². The average Bonchev–Trinajstić information content (AvgIpc) is 2.22. The van der Waals surface area contributed by atoms with Crippen molar-refractivity contribution in [3.63, 3.8) is 0 Å². The van der Waals surface area contributed by atoms with Crippen LogP contribution in [0.2, 0.25) is 0 Å². The SMILES string of the molecule is COCCOCCCN(CCO)CC(F)F. The highest BCUT2D eigenvalue weighted by Gasteiger charge is 2.10. The molecule has 0 aliphatic heterocycles. The van der Waals surface area contributed by atoms with E-state index in [4.69, 9.17) is 14.6 Å². The molecule has 0 spiro atoms. The van der Waals surface area contributed by atoms with Gasteiger partial charge in [0.2, 0.25) is 0 Å². The van der Waals surface area contributed by atoms with Gasteiger partial charge in [-0.25, -0.2) is 8.78 Å². The predicted molar refractivity (Wildman–Crippen MR) is 56.8 cm³/mol. The Morgan fingerprint density at radius 1 is 1.19 bits per heavy atom. The van der Waals surface area contributed by atoms with Crippen LogP contribution in [0.15, 0.2) is 0 Å². The molecule has 98 valence electrons. The lowest BCUT2D eigenvalue weighted by Gasteiger charge is -2.20. The largest absolute Gasteiger partial charge is 0.395 e. The van der Waals surface area contributed by atoms with E-state index in [0.29, 0.717) is 32.8 Å². The molecule has 0 saturated heterocycles. The number of halogens is 2. The van der Waals surface area contributed by atoms with Gasteiger partial charge in [0.05, 0.1) is 26.4 Å². The number of hydrogen-bond donors (Lipinski definition) is 1. The summed E-state index contributed by atoms with van der Waals surface area (Å²) in [6, 6.07) is 0. The van der Waals surface area contributed by atoms with Gasteiger partial charge in [-0.15, -0.1) is 0 Å². The third-order valence-corrected chi connectivity index (χ3v) is 2.01. The summed E-state index contributed by atoms with van der Waals surface area (Å²) in [7, 11) is 1.59. The van der Waals surface area contributed by atoms with E-state index in [0.717, 1.165) is 0 Å². The molecule has 0 aromatic carbocycles. The second kappa shape index (κ2) is 11.2. The van der Waals surface area contributed by atoms with E-state index in [1.807, 2.05) is 0 Å². The maximum absolute atomic E-state index is 12.1. The minimum Gasteiger partial charge on any atom is -0.395 e. The van der Waals surface area contributed by atoms with Gasteiger partial charge in [0.1, 0.15) is 0 Å². The molecular formula is C10H21F2NO3. The van der Waals surface area contributed by atoms with E-state index >= 15 is 0 Å². The first-order valence-electron chi connectivity index (χ1n) is 5.38. The van der Waals surface area contributed by atoms with Crippen LogP contribution in [-0.4, -0.2) is 69.6 Å². The Morgan fingerprint density at radius 3 is 2.50 bits per heavy atom. The Bertz CT molecular complexity index is 150. The fourth-order valence-electron chi connectivity index (χ4n) is 1.27. The van der Waals surface area contributed by atoms with Crippen molar-refractivity contribution in [2.75, 3.05) is 53.2 Å². The van der Waals surface area contributed by atoms with Crippen molar-refractivity contribution < 1.29 is 23.4 Å². The topological polar surface area (TPSA) is 41.9 Å². The third-order valence-electron chi connectivity index (χ3n) is 2.01.